The minimum atomic E-state index is -1.09. The van der Waals surface area contributed by atoms with E-state index in [1.807, 2.05) is 30.5 Å². The molecule has 1 saturated heterocycles. The van der Waals surface area contributed by atoms with E-state index < -0.39 is 29.9 Å². The van der Waals surface area contributed by atoms with Crippen molar-refractivity contribution in [3.63, 3.8) is 0 Å². The number of H-pyrrole nitrogens is 1. The number of hydrogen-bond acceptors (Lipinski definition) is 5. The number of fused-ring (bicyclic) bond motifs is 2. The van der Waals surface area contributed by atoms with Crippen molar-refractivity contribution in [3.8, 4) is 0 Å². The normalized spacial score (nSPS) is 25.1. The first kappa shape index (κ1) is 23.1. The van der Waals surface area contributed by atoms with Gasteiger partial charge in [0.25, 0.3) is 5.91 Å². The van der Waals surface area contributed by atoms with E-state index in [-0.39, 0.29) is 24.3 Å². The molecular weight excluding hydrogens is 422 g/mol. The molecule has 1 aliphatic carbocycles. The van der Waals surface area contributed by atoms with Gasteiger partial charge in [-0.25, -0.2) is 4.99 Å². The number of benzene rings is 1. The van der Waals surface area contributed by atoms with Crippen LogP contribution in [0.15, 0.2) is 35.5 Å². The third kappa shape index (κ3) is 4.99. The Hall–Kier alpha value is -3.04. The van der Waals surface area contributed by atoms with E-state index in [2.05, 4.69) is 20.6 Å². The van der Waals surface area contributed by atoms with Crippen molar-refractivity contribution in [2.24, 2.45) is 28.5 Å². The van der Waals surface area contributed by atoms with Gasteiger partial charge in [-0.15, -0.1) is 0 Å². The monoisotopic (exact) mass is 453 g/mol. The molecule has 2 heterocycles. The van der Waals surface area contributed by atoms with Crippen LogP contribution in [0.1, 0.15) is 31.7 Å². The zero-order chi connectivity index (χ0) is 23.5. The molecule has 1 aliphatic heterocycles. The number of nitrogens with one attached hydrogen (secondary N) is 3. The molecule has 1 aromatic carbocycles. The summed E-state index contributed by atoms with van der Waals surface area (Å²) in [5, 5.41) is 16.9. The molecule has 0 bridgehead atoms. The zero-order valence-corrected chi connectivity index (χ0v) is 18.7. The van der Waals surface area contributed by atoms with Crippen molar-refractivity contribution < 1.29 is 19.5 Å². The molecule has 6 N–H and O–H groups in total. The predicted molar refractivity (Wildman–Crippen MR) is 124 cm³/mol. The number of nitrogens with zero attached hydrogens (tertiary/aromatic N) is 1. The van der Waals surface area contributed by atoms with Crippen molar-refractivity contribution >= 4 is 34.8 Å². The number of carbonyl (C=O) groups excluding carboxylic acids is 3. The van der Waals surface area contributed by atoms with Gasteiger partial charge >= 0.3 is 0 Å². The first-order valence-corrected chi connectivity index (χ1v) is 11.5. The zero-order valence-electron chi connectivity index (χ0n) is 18.7. The number of aliphatic imine (C=N–C) groups is 1. The van der Waals surface area contributed by atoms with Gasteiger partial charge in [0.2, 0.25) is 11.8 Å². The first-order valence-electron chi connectivity index (χ1n) is 11.5. The van der Waals surface area contributed by atoms with E-state index >= 15 is 0 Å². The van der Waals surface area contributed by atoms with Crippen LogP contribution in [0.4, 0.5) is 0 Å². The first-order chi connectivity index (χ1) is 15.8. The van der Waals surface area contributed by atoms with Gasteiger partial charge in [-0.2, -0.15) is 0 Å². The minimum absolute atomic E-state index is 0.209. The molecule has 4 rings (SSSR count). The molecule has 0 radical (unpaired) electrons. The average Bonchev–Trinajstić information content (AvgIpc) is 3.48. The highest BCUT2D eigenvalue weighted by atomic mass is 16.3. The van der Waals surface area contributed by atoms with Crippen molar-refractivity contribution in [1.29, 1.82) is 0 Å². The number of aromatic amines is 1. The van der Waals surface area contributed by atoms with Crippen LogP contribution in [0.3, 0.4) is 0 Å². The van der Waals surface area contributed by atoms with Crippen LogP contribution in [0, 0.1) is 17.8 Å². The number of amides is 3. The predicted octanol–water partition coefficient (Wildman–Crippen LogP) is 0.663. The summed E-state index contributed by atoms with van der Waals surface area (Å²) in [6.07, 6.45) is 5.30. The number of aliphatic hydroxyl groups excluding tert-OH is 1. The molecule has 9 nitrogen and oxygen atoms in total. The maximum Gasteiger partial charge on any atom is 0.268 e. The van der Waals surface area contributed by atoms with Gasteiger partial charge in [-0.1, -0.05) is 24.6 Å². The van der Waals surface area contributed by atoms with Crippen LogP contribution in [-0.2, 0) is 20.8 Å². The summed E-state index contributed by atoms with van der Waals surface area (Å²) in [4.78, 5) is 44.9. The van der Waals surface area contributed by atoms with Crippen molar-refractivity contribution in [3.05, 3.63) is 36.0 Å². The number of aliphatic hydroxyl groups is 1. The number of para-hydroxylation sites is 1. The van der Waals surface area contributed by atoms with Gasteiger partial charge in [0.15, 0.2) is 0 Å². The SMILES string of the molecule is C[C@@H](O)C(/C=N/C(=O)[C@H](Cc1c[nH]c2ccccc12)NC(=O)[C@H]1NC[C@@H]2CCC[C@@H]21)C(N)=O. The second kappa shape index (κ2) is 9.84. The molecule has 176 valence electrons. The standard InChI is InChI=1S/C24H31N5O4/c1-13(30)18(22(25)31)12-28-23(32)20(9-15-11-26-19-8-3-2-6-16(15)19)29-24(33)21-17-7-4-5-14(17)10-27-21/h2-3,6,8,11-14,17-18,20-21,26-27,30H,4-5,7,9-10H2,1H3,(H2,25,31)(H,29,33)/b28-12+/t13-,14+,17+,18?,20+,21+/m1/s1. The Labute approximate surface area is 192 Å². The Morgan fingerprint density at radius 2 is 2.09 bits per heavy atom. The lowest BCUT2D eigenvalue weighted by Gasteiger charge is -2.22. The summed E-state index contributed by atoms with van der Waals surface area (Å²) < 4.78 is 0. The van der Waals surface area contributed by atoms with Crippen LogP contribution >= 0.6 is 0 Å². The molecule has 6 atom stereocenters. The second-order valence-electron chi connectivity index (χ2n) is 9.15. The highest BCUT2D eigenvalue weighted by Crippen LogP contribution is 2.37. The van der Waals surface area contributed by atoms with Crippen molar-refractivity contribution in [1.82, 2.24) is 15.6 Å². The summed E-state index contributed by atoms with van der Waals surface area (Å²) in [5.74, 6) is -1.88. The van der Waals surface area contributed by atoms with Crippen LogP contribution < -0.4 is 16.4 Å². The third-order valence-corrected chi connectivity index (χ3v) is 6.95. The lowest BCUT2D eigenvalue weighted by molar-refractivity contribution is -0.129. The van der Waals surface area contributed by atoms with Gasteiger partial charge in [0.05, 0.1) is 18.1 Å². The fourth-order valence-electron chi connectivity index (χ4n) is 5.14. The largest absolute Gasteiger partial charge is 0.392 e. The second-order valence-corrected chi connectivity index (χ2v) is 9.15. The number of nitrogens with two attached hydrogens (primary N) is 1. The smallest absolute Gasteiger partial charge is 0.268 e. The molecule has 1 unspecified atom stereocenters. The molecule has 3 amide bonds. The van der Waals surface area contributed by atoms with Gasteiger partial charge in [0.1, 0.15) is 6.04 Å². The van der Waals surface area contributed by atoms with E-state index in [1.54, 1.807) is 0 Å². The van der Waals surface area contributed by atoms with Gasteiger partial charge in [-0.3, -0.25) is 14.4 Å². The molecule has 1 saturated carbocycles. The molecule has 9 heteroatoms. The molecule has 33 heavy (non-hydrogen) atoms. The number of carbonyl (C=O) groups is 3. The summed E-state index contributed by atoms with van der Waals surface area (Å²) in [6.45, 7) is 2.22. The fourth-order valence-corrected chi connectivity index (χ4v) is 5.14. The van der Waals surface area contributed by atoms with Gasteiger partial charge in [-0.05, 0) is 49.8 Å². The molecule has 0 spiro atoms. The number of primary amides is 1. The lowest BCUT2D eigenvalue weighted by Crippen LogP contribution is -2.50. The summed E-state index contributed by atoms with van der Waals surface area (Å²) in [5.41, 5.74) is 7.11. The van der Waals surface area contributed by atoms with E-state index in [1.165, 1.54) is 6.92 Å². The van der Waals surface area contributed by atoms with Crippen LogP contribution in [-0.4, -0.2) is 58.8 Å². The summed E-state index contributed by atoms with van der Waals surface area (Å²) in [6, 6.07) is 6.48. The molecule has 2 fully saturated rings. The maximum atomic E-state index is 13.1. The van der Waals surface area contributed by atoms with Crippen LogP contribution in [0.5, 0.6) is 0 Å². The number of hydrogen-bond donors (Lipinski definition) is 5. The number of rotatable bonds is 8. The van der Waals surface area contributed by atoms with E-state index in [4.69, 9.17) is 5.73 Å². The Kier molecular flexibility index (Phi) is 6.90. The van der Waals surface area contributed by atoms with Crippen LogP contribution in [0.25, 0.3) is 10.9 Å². The summed E-state index contributed by atoms with van der Waals surface area (Å²) >= 11 is 0. The highest BCUT2D eigenvalue weighted by molar-refractivity contribution is 6.00. The highest BCUT2D eigenvalue weighted by Gasteiger charge is 2.43. The average molecular weight is 454 g/mol. The van der Waals surface area contributed by atoms with Crippen molar-refractivity contribution in [2.45, 2.75) is 50.8 Å². The Morgan fingerprint density at radius 3 is 2.85 bits per heavy atom. The van der Waals surface area contributed by atoms with E-state index in [0.29, 0.717) is 5.92 Å². The fraction of sp³-hybridized carbons (Fsp3) is 0.500. The van der Waals surface area contributed by atoms with E-state index in [9.17, 15) is 19.5 Å². The van der Waals surface area contributed by atoms with Gasteiger partial charge < -0.3 is 26.5 Å². The molecule has 2 aromatic rings. The molecule has 1 aromatic heterocycles. The quantitative estimate of drug-likeness (QED) is 0.372. The lowest BCUT2D eigenvalue weighted by atomic mass is 9.93. The minimum Gasteiger partial charge on any atom is -0.392 e. The van der Waals surface area contributed by atoms with E-state index in [0.717, 1.165) is 48.5 Å². The van der Waals surface area contributed by atoms with Crippen LogP contribution in [0.2, 0.25) is 0 Å². The Balaban J connectivity index is 1.55. The summed E-state index contributed by atoms with van der Waals surface area (Å²) in [7, 11) is 0. The third-order valence-electron chi connectivity index (χ3n) is 6.95. The Bertz CT molecular complexity index is 1060. The van der Waals surface area contributed by atoms with Gasteiger partial charge in [0, 0.05) is 29.7 Å². The number of aromatic nitrogens is 1. The molecular formula is C24H31N5O4. The topological polar surface area (TPSA) is 150 Å². The molecule has 2 aliphatic rings. The maximum absolute atomic E-state index is 13.1. The van der Waals surface area contributed by atoms with Crippen molar-refractivity contribution in [2.75, 3.05) is 6.54 Å². The Morgan fingerprint density at radius 1 is 1.30 bits per heavy atom.